The number of nitrogens with one attached hydrogen (secondary N) is 4. The quantitative estimate of drug-likeness (QED) is 0.0583. The Hall–Kier alpha value is -5.56. The maximum atomic E-state index is 13.3. The van der Waals surface area contributed by atoms with Crippen molar-refractivity contribution in [2.45, 2.75) is 97.2 Å². The van der Waals surface area contributed by atoms with E-state index in [0.29, 0.717) is 11.4 Å². The number of alkyl carbamates (subject to hydrolysis) is 1. The smallest absolute Gasteiger partial charge is 0.410 e. The SMILES string of the molecule is Cn1ncc(C(CCNC(=O)OC(C)(C)C)NC(NC(=O)O)(N(C(=O)O)C(C)(C)C)C(C)(C)C)c1NC(c1ccccc1)(c1ccccc1)c1ccccc1. The molecule has 2 unspecified atom stereocenters. The van der Waals surface area contributed by atoms with Crippen molar-refractivity contribution in [3.8, 4) is 0 Å². The van der Waals surface area contributed by atoms with E-state index >= 15 is 0 Å². The van der Waals surface area contributed by atoms with Crippen molar-refractivity contribution in [3.05, 3.63) is 119 Å². The number of aryl methyl sites for hydroxylation is 1. The lowest BCUT2D eigenvalue weighted by atomic mass is 9.76. The van der Waals surface area contributed by atoms with Gasteiger partial charge in [-0.05, 0) is 64.7 Å². The number of carboxylic acid groups (broad SMARTS) is 2. The van der Waals surface area contributed by atoms with Gasteiger partial charge in [0.25, 0.3) is 0 Å². The Bertz CT molecular complexity index is 1800. The molecule has 13 heteroatoms. The molecule has 0 spiro atoms. The van der Waals surface area contributed by atoms with Crippen LogP contribution in [0.2, 0.25) is 0 Å². The Labute approximate surface area is 324 Å². The summed E-state index contributed by atoms with van der Waals surface area (Å²) in [7, 11) is 1.80. The minimum atomic E-state index is -1.91. The fourth-order valence-corrected chi connectivity index (χ4v) is 7.00. The van der Waals surface area contributed by atoms with Gasteiger partial charge in [0.15, 0.2) is 5.79 Å². The third-order valence-electron chi connectivity index (χ3n) is 9.32. The molecule has 4 rings (SSSR count). The van der Waals surface area contributed by atoms with Crippen LogP contribution in [0.15, 0.2) is 97.2 Å². The third-order valence-corrected chi connectivity index (χ3v) is 9.32. The number of aromatic nitrogens is 2. The first-order valence-electron chi connectivity index (χ1n) is 18.4. The van der Waals surface area contributed by atoms with Gasteiger partial charge in [-0.3, -0.25) is 20.2 Å². The van der Waals surface area contributed by atoms with E-state index in [1.54, 1.807) is 80.2 Å². The predicted molar refractivity (Wildman–Crippen MR) is 214 cm³/mol. The van der Waals surface area contributed by atoms with Crippen LogP contribution in [0.1, 0.15) is 97.0 Å². The second-order valence-corrected chi connectivity index (χ2v) is 16.6. The van der Waals surface area contributed by atoms with E-state index in [1.165, 1.54) is 0 Å². The van der Waals surface area contributed by atoms with Gasteiger partial charge in [0.1, 0.15) is 17.0 Å². The Balaban J connectivity index is 2.00. The van der Waals surface area contributed by atoms with Crippen molar-refractivity contribution in [1.29, 1.82) is 0 Å². The van der Waals surface area contributed by atoms with Crippen LogP contribution in [-0.2, 0) is 17.3 Å². The molecule has 1 aromatic heterocycles. The van der Waals surface area contributed by atoms with E-state index in [4.69, 9.17) is 9.84 Å². The van der Waals surface area contributed by atoms with Gasteiger partial charge in [-0.15, -0.1) is 0 Å². The zero-order chi connectivity index (χ0) is 40.8. The van der Waals surface area contributed by atoms with Crippen molar-refractivity contribution >= 4 is 24.1 Å². The molecule has 0 bridgehead atoms. The Morgan fingerprint density at radius 2 is 1.25 bits per heavy atom. The van der Waals surface area contributed by atoms with Crippen LogP contribution in [0.3, 0.4) is 0 Å². The highest BCUT2D eigenvalue weighted by molar-refractivity contribution is 5.71. The standard InChI is InChI=1S/C42H57N7O6/c1-38(2,3)42(47-35(50)51,49(37(53)54)39(4,5)6)45-33(26-27-43-36(52)55-40(7,8)9)32-28-44-48(10)34(32)46-41(29-20-14-11-15-21-29,30-22-16-12-17-23-30)31-24-18-13-19-25-31/h11-25,28,33,45-47H,26-27H2,1-10H3,(H,43,52)(H,50,51)(H,53,54). The average Bonchev–Trinajstić information content (AvgIpc) is 3.44. The first-order chi connectivity index (χ1) is 25.6. The van der Waals surface area contributed by atoms with Gasteiger partial charge in [-0.25, -0.2) is 14.4 Å². The molecule has 0 aliphatic rings. The van der Waals surface area contributed by atoms with Crippen LogP contribution in [0.25, 0.3) is 0 Å². The molecule has 0 aliphatic heterocycles. The van der Waals surface area contributed by atoms with E-state index < -0.39 is 52.2 Å². The number of hydrogen-bond acceptors (Lipinski definition) is 7. The molecule has 6 N–H and O–H groups in total. The van der Waals surface area contributed by atoms with E-state index in [-0.39, 0.29) is 13.0 Å². The summed E-state index contributed by atoms with van der Waals surface area (Å²) >= 11 is 0. The largest absolute Gasteiger partial charge is 0.465 e. The molecule has 13 nitrogen and oxygen atoms in total. The lowest BCUT2D eigenvalue weighted by Crippen LogP contribution is -2.79. The number of ether oxygens (including phenoxy) is 1. The molecule has 0 aliphatic carbocycles. The number of rotatable bonds is 13. The van der Waals surface area contributed by atoms with E-state index in [1.807, 2.05) is 54.6 Å². The molecule has 296 valence electrons. The van der Waals surface area contributed by atoms with Crippen LogP contribution in [-0.4, -0.2) is 66.6 Å². The van der Waals surface area contributed by atoms with Gasteiger partial charge in [0.05, 0.1) is 6.20 Å². The Kier molecular flexibility index (Phi) is 12.6. The fourth-order valence-electron chi connectivity index (χ4n) is 7.00. The summed E-state index contributed by atoms with van der Waals surface area (Å²) in [5.41, 5.74) is -0.450. The highest BCUT2D eigenvalue weighted by Gasteiger charge is 2.55. The molecular weight excluding hydrogens is 699 g/mol. The summed E-state index contributed by atoms with van der Waals surface area (Å²) in [6.07, 6.45) is -1.54. The van der Waals surface area contributed by atoms with Gasteiger partial charge in [-0.1, -0.05) is 112 Å². The van der Waals surface area contributed by atoms with Crippen molar-refractivity contribution in [2.75, 3.05) is 11.9 Å². The summed E-state index contributed by atoms with van der Waals surface area (Å²) in [5, 5.41) is 38.7. The Morgan fingerprint density at radius 3 is 1.64 bits per heavy atom. The molecule has 1 heterocycles. The molecule has 0 fully saturated rings. The zero-order valence-corrected chi connectivity index (χ0v) is 33.6. The average molecular weight is 756 g/mol. The molecule has 0 saturated heterocycles. The van der Waals surface area contributed by atoms with E-state index in [0.717, 1.165) is 21.6 Å². The van der Waals surface area contributed by atoms with E-state index in [9.17, 15) is 24.6 Å². The van der Waals surface area contributed by atoms with Crippen molar-refractivity contribution < 1.29 is 29.3 Å². The number of hydrogen-bond donors (Lipinski definition) is 6. The molecular formula is C42H57N7O6. The molecule has 2 atom stereocenters. The normalized spacial score (nSPS) is 13.9. The first-order valence-corrected chi connectivity index (χ1v) is 18.4. The molecule has 3 aromatic carbocycles. The number of carbonyl (C=O) groups is 3. The van der Waals surface area contributed by atoms with Crippen LogP contribution in [0.4, 0.5) is 20.2 Å². The number of benzene rings is 3. The molecule has 0 radical (unpaired) electrons. The van der Waals surface area contributed by atoms with Gasteiger partial charge in [0.2, 0.25) is 0 Å². The maximum absolute atomic E-state index is 13.3. The van der Waals surface area contributed by atoms with Gasteiger partial charge < -0.3 is 25.6 Å². The summed E-state index contributed by atoms with van der Waals surface area (Å²) < 4.78 is 7.22. The highest BCUT2D eigenvalue weighted by atomic mass is 16.6. The Morgan fingerprint density at radius 1 is 0.782 bits per heavy atom. The number of nitrogens with zero attached hydrogens (tertiary/aromatic N) is 3. The van der Waals surface area contributed by atoms with Gasteiger partial charge >= 0.3 is 18.3 Å². The maximum Gasteiger partial charge on any atom is 0.410 e. The summed E-state index contributed by atoms with van der Waals surface area (Å²) in [6.45, 7) is 15.8. The van der Waals surface area contributed by atoms with Gasteiger partial charge in [0, 0.05) is 36.2 Å². The topological polar surface area (TPSA) is 170 Å². The van der Waals surface area contributed by atoms with Crippen LogP contribution in [0.5, 0.6) is 0 Å². The zero-order valence-electron chi connectivity index (χ0n) is 33.6. The number of carbonyl (C=O) groups excluding carboxylic acids is 1. The lowest BCUT2D eigenvalue weighted by Gasteiger charge is -2.56. The van der Waals surface area contributed by atoms with Crippen molar-refractivity contribution in [3.63, 3.8) is 0 Å². The molecule has 0 saturated carbocycles. The highest BCUT2D eigenvalue weighted by Crippen LogP contribution is 2.43. The van der Waals surface area contributed by atoms with Crippen molar-refractivity contribution in [2.24, 2.45) is 12.5 Å². The molecule has 4 aromatic rings. The fraction of sp³-hybridized carbons (Fsp3) is 0.429. The molecule has 3 amide bonds. The number of amides is 3. The van der Waals surface area contributed by atoms with Crippen LogP contribution in [0, 0.1) is 5.41 Å². The summed E-state index contributed by atoms with van der Waals surface area (Å²) in [4.78, 5) is 40.0. The second-order valence-electron chi connectivity index (χ2n) is 16.6. The minimum absolute atomic E-state index is 0.0813. The monoisotopic (exact) mass is 755 g/mol. The first kappa shape index (κ1) is 42.2. The third kappa shape index (κ3) is 9.58. The van der Waals surface area contributed by atoms with Crippen molar-refractivity contribution in [1.82, 2.24) is 30.6 Å². The lowest BCUT2D eigenvalue weighted by molar-refractivity contribution is -0.0915. The molecule has 55 heavy (non-hydrogen) atoms. The summed E-state index contributed by atoms with van der Waals surface area (Å²) in [6, 6.07) is 29.3. The number of anilines is 1. The van der Waals surface area contributed by atoms with Crippen LogP contribution < -0.4 is 21.3 Å². The predicted octanol–water partition coefficient (Wildman–Crippen LogP) is 8.12. The van der Waals surface area contributed by atoms with Crippen LogP contribution >= 0.6 is 0 Å². The van der Waals surface area contributed by atoms with Gasteiger partial charge in [-0.2, -0.15) is 5.10 Å². The minimum Gasteiger partial charge on any atom is -0.465 e. The summed E-state index contributed by atoms with van der Waals surface area (Å²) in [5.74, 6) is -1.34. The second kappa shape index (κ2) is 16.4. The van der Waals surface area contributed by atoms with E-state index in [2.05, 4.69) is 57.7 Å².